The zero-order valence-corrected chi connectivity index (χ0v) is 11.7. The predicted molar refractivity (Wildman–Crippen MR) is 75.0 cm³/mol. The average Bonchev–Trinajstić information content (AvgIpc) is 2.35. The molecule has 0 aliphatic rings. The van der Waals surface area contributed by atoms with Crippen LogP contribution in [0.5, 0.6) is 11.6 Å². The number of pyridine rings is 1. The van der Waals surface area contributed by atoms with Gasteiger partial charge in [0, 0.05) is 6.20 Å². The molecule has 0 radical (unpaired) electrons. The molecule has 2 rings (SSSR count). The van der Waals surface area contributed by atoms with Crippen molar-refractivity contribution in [2.24, 2.45) is 0 Å². The molecule has 1 aromatic carbocycles. The van der Waals surface area contributed by atoms with E-state index in [1.165, 1.54) is 6.92 Å². The molecule has 0 saturated carbocycles. The first kappa shape index (κ1) is 13.3. The van der Waals surface area contributed by atoms with Gasteiger partial charge in [-0.2, -0.15) is 0 Å². The minimum Gasteiger partial charge on any atom is -0.438 e. The fraction of sp³-hybridized carbons (Fsp3) is 0.250. The Morgan fingerprint density at radius 2 is 1.95 bits per heavy atom. The van der Waals surface area contributed by atoms with Crippen LogP contribution >= 0.6 is 0 Å². The van der Waals surface area contributed by atoms with E-state index in [-0.39, 0.29) is 5.78 Å². The smallest absolute Gasteiger partial charge is 0.230 e. The quantitative estimate of drug-likeness (QED) is 0.778. The fourth-order valence-electron chi connectivity index (χ4n) is 1.95. The molecule has 0 atom stereocenters. The van der Waals surface area contributed by atoms with Crippen LogP contribution in [0.4, 0.5) is 0 Å². The van der Waals surface area contributed by atoms with Crippen LogP contribution in [0.2, 0.25) is 0 Å². The molecule has 0 fully saturated rings. The highest BCUT2D eigenvalue weighted by Crippen LogP contribution is 2.29. The lowest BCUT2D eigenvalue weighted by atomic mass is 10.1. The van der Waals surface area contributed by atoms with Crippen molar-refractivity contribution in [2.75, 3.05) is 0 Å². The molecule has 3 nitrogen and oxygen atoms in total. The van der Waals surface area contributed by atoms with Gasteiger partial charge < -0.3 is 4.74 Å². The highest BCUT2D eigenvalue weighted by Gasteiger charge is 2.12. The molecule has 1 heterocycles. The van der Waals surface area contributed by atoms with Crippen molar-refractivity contribution in [3.8, 4) is 11.6 Å². The third-order valence-corrected chi connectivity index (χ3v) is 3.12. The van der Waals surface area contributed by atoms with Crippen LogP contribution in [0, 0.1) is 20.8 Å². The predicted octanol–water partition coefficient (Wildman–Crippen LogP) is 4.00. The summed E-state index contributed by atoms with van der Waals surface area (Å²) >= 11 is 0. The van der Waals surface area contributed by atoms with E-state index in [0.717, 1.165) is 22.4 Å². The van der Waals surface area contributed by atoms with Gasteiger partial charge in [-0.3, -0.25) is 4.79 Å². The number of ketones is 1. The zero-order chi connectivity index (χ0) is 14.0. The molecule has 1 aromatic heterocycles. The van der Waals surface area contributed by atoms with Crippen molar-refractivity contribution in [3.63, 3.8) is 0 Å². The molecule has 0 bridgehead atoms. The van der Waals surface area contributed by atoms with E-state index in [9.17, 15) is 4.79 Å². The maximum absolute atomic E-state index is 11.6. The van der Waals surface area contributed by atoms with Gasteiger partial charge in [-0.15, -0.1) is 0 Å². The SMILES string of the molecule is CC(=O)c1cccnc1Oc1cc(C)cc(C)c1C. The number of Topliss-reactive ketones (excluding diaryl/α,β-unsaturated/α-hetero) is 1. The highest BCUT2D eigenvalue weighted by molar-refractivity contribution is 5.96. The summed E-state index contributed by atoms with van der Waals surface area (Å²) in [5.41, 5.74) is 3.85. The van der Waals surface area contributed by atoms with E-state index >= 15 is 0 Å². The Labute approximate surface area is 113 Å². The van der Waals surface area contributed by atoms with Crippen molar-refractivity contribution in [2.45, 2.75) is 27.7 Å². The van der Waals surface area contributed by atoms with Crippen LogP contribution in [0.1, 0.15) is 34.0 Å². The first-order valence-corrected chi connectivity index (χ1v) is 6.20. The molecule has 3 heteroatoms. The summed E-state index contributed by atoms with van der Waals surface area (Å²) in [6, 6.07) is 7.52. The van der Waals surface area contributed by atoms with Crippen LogP contribution < -0.4 is 4.74 Å². The van der Waals surface area contributed by atoms with E-state index in [1.54, 1.807) is 18.3 Å². The second-order valence-electron chi connectivity index (χ2n) is 4.72. The monoisotopic (exact) mass is 255 g/mol. The first-order valence-electron chi connectivity index (χ1n) is 6.20. The Bertz CT molecular complexity index is 633. The van der Waals surface area contributed by atoms with Crippen molar-refractivity contribution >= 4 is 5.78 Å². The van der Waals surface area contributed by atoms with Gasteiger partial charge in [-0.25, -0.2) is 4.98 Å². The van der Waals surface area contributed by atoms with Gasteiger partial charge in [0.25, 0.3) is 0 Å². The second kappa shape index (κ2) is 5.22. The molecular formula is C16H17NO2. The number of aromatic nitrogens is 1. The van der Waals surface area contributed by atoms with Crippen LogP contribution in [0.25, 0.3) is 0 Å². The van der Waals surface area contributed by atoms with E-state index in [1.807, 2.05) is 26.8 Å². The third kappa shape index (κ3) is 2.81. The number of rotatable bonds is 3. The lowest BCUT2D eigenvalue weighted by Crippen LogP contribution is -2.00. The Kier molecular flexibility index (Phi) is 3.65. The normalized spacial score (nSPS) is 10.3. The van der Waals surface area contributed by atoms with Gasteiger partial charge >= 0.3 is 0 Å². The summed E-state index contributed by atoms with van der Waals surface area (Å²) in [6.45, 7) is 7.57. The maximum Gasteiger partial charge on any atom is 0.230 e. The fourth-order valence-corrected chi connectivity index (χ4v) is 1.95. The maximum atomic E-state index is 11.6. The largest absolute Gasteiger partial charge is 0.438 e. The van der Waals surface area contributed by atoms with E-state index in [4.69, 9.17) is 4.74 Å². The molecule has 0 saturated heterocycles. The molecule has 2 aromatic rings. The number of nitrogens with zero attached hydrogens (tertiary/aromatic N) is 1. The van der Waals surface area contributed by atoms with Crippen LogP contribution in [0.3, 0.4) is 0 Å². The van der Waals surface area contributed by atoms with Gasteiger partial charge in [0.05, 0.1) is 5.56 Å². The minimum absolute atomic E-state index is 0.0508. The lowest BCUT2D eigenvalue weighted by Gasteiger charge is -2.12. The second-order valence-corrected chi connectivity index (χ2v) is 4.72. The topological polar surface area (TPSA) is 39.2 Å². The molecule has 0 unspecified atom stereocenters. The Balaban J connectivity index is 2.45. The summed E-state index contributed by atoms with van der Waals surface area (Å²) in [4.78, 5) is 15.7. The molecule has 98 valence electrons. The van der Waals surface area contributed by atoms with E-state index < -0.39 is 0 Å². The lowest BCUT2D eigenvalue weighted by molar-refractivity contribution is 0.101. The van der Waals surface area contributed by atoms with Crippen molar-refractivity contribution < 1.29 is 9.53 Å². The molecule has 0 spiro atoms. The summed E-state index contributed by atoms with van der Waals surface area (Å²) in [5.74, 6) is 1.06. The Hall–Kier alpha value is -2.16. The van der Waals surface area contributed by atoms with Gasteiger partial charge in [-0.1, -0.05) is 6.07 Å². The highest BCUT2D eigenvalue weighted by atomic mass is 16.5. The number of hydrogen-bond acceptors (Lipinski definition) is 3. The molecule has 19 heavy (non-hydrogen) atoms. The standard InChI is InChI=1S/C16H17NO2/c1-10-8-11(2)12(3)15(9-10)19-16-14(13(4)18)6-5-7-17-16/h5-9H,1-4H3. The third-order valence-electron chi connectivity index (χ3n) is 3.12. The van der Waals surface area contributed by atoms with Crippen LogP contribution in [-0.4, -0.2) is 10.8 Å². The summed E-state index contributed by atoms with van der Waals surface area (Å²) in [5, 5.41) is 0. The van der Waals surface area contributed by atoms with Crippen LogP contribution in [-0.2, 0) is 0 Å². The number of aryl methyl sites for hydroxylation is 2. The van der Waals surface area contributed by atoms with E-state index in [0.29, 0.717) is 11.4 Å². The number of ether oxygens (including phenoxy) is 1. The zero-order valence-electron chi connectivity index (χ0n) is 11.7. The number of carbonyl (C=O) groups excluding carboxylic acids is 1. The van der Waals surface area contributed by atoms with Gasteiger partial charge in [-0.05, 0) is 62.6 Å². The summed E-state index contributed by atoms with van der Waals surface area (Å²) < 4.78 is 5.83. The first-order chi connectivity index (χ1) is 8.99. The number of hydrogen-bond donors (Lipinski definition) is 0. The molecule has 0 aliphatic carbocycles. The van der Waals surface area contributed by atoms with Crippen molar-refractivity contribution in [1.29, 1.82) is 0 Å². The van der Waals surface area contributed by atoms with Crippen LogP contribution in [0.15, 0.2) is 30.5 Å². The Morgan fingerprint density at radius 3 is 2.63 bits per heavy atom. The van der Waals surface area contributed by atoms with Gasteiger partial charge in [0.1, 0.15) is 5.75 Å². The average molecular weight is 255 g/mol. The van der Waals surface area contributed by atoms with Crippen molar-refractivity contribution in [3.05, 3.63) is 52.7 Å². The molecule has 0 N–H and O–H groups in total. The van der Waals surface area contributed by atoms with Gasteiger partial charge in [0.2, 0.25) is 5.88 Å². The van der Waals surface area contributed by atoms with Crippen molar-refractivity contribution in [1.82, 2.24) is 4.98 Å². The summed E-state index contributed by atoms with van der Waals surface area (Å²) in [6.07, 6.45) is 1.62. The minimum atomic E-state index is -0.0508. The summed E-state index contributed by atoms with van der Waals surface area (Å²) in [7, 11) is 0. The molecule has 0 amide bonds. The number of carbonyl (C=O) groups is 1. The molecule has 0 aliphatic heterocycles. The number of benzene rings is 1. The van der Waals surface area contributed by atoms with E-state index in [2.05, 4.69) is 11.1 Å². The van der Waals surface area contributed by atoms with Gasteiger partial charge in [0.15, 0.2) is 5.78 Å². The Morgan fingerprint density at radius 1 is 1.21 bits per heavy atom. The molecular weight excluding hydrogens is 238 g/mol.